The van der Waals surface area contributed by atoms with Gasteiger partial charge in [-0.1, -0.05) is 23.7 Å². The number of urea groups is 2. The Morgan fingerprint density at radius 1 is 1.38 bits per heavy atom. The van der Waals surface area contributed by atoms with Crippen molar-refractivity contribution in [2.75, 3.05) is 23.8 Å². The van der Waals surface area contributed by atoms with Gasteiger partial charge in [0.05, 0.1) is 17.7 Å². The van der Waals surface area contributed by atoms with Crippen LogP contribution in [0.1, 0.15) is 37.4 Å². The van der Waals surface area contributed by atoms with E-state index >= 15 is 0 Å². The molecule has 0 aromatic heterocycles. The maximum Gasteiger partial charge on any atom is 0.322 e. The van der Waals surface area contributed by atoms with Crippen molar-refractivity contribution < 1.29 is 23.8 Å². The molecule has 2 aromatic carbocycles. The zero-order valence-corrected chi connectivity index (χ0v) is 18.4. The number of carbonyl (C=O) groups is 2. The lowest BCUT2D eigenvalue weighted by molar-refractivity contribution is 0.0630. The maximum atomic E-state index is 14.5. The molecular formula is C22H24ClFN4O4. The zero-order valence-electron chi connectivity index (χ0n) is 17.7. The van der Waals surface area contributed by atoms with Crippen molar-refractivity contribution in [3.63, 3.8) is 0 Å². The molecule has 1 atom stereocenters. The normalized spacial score (nSPS) is 18.7. The zero-order chi connectivity index (χ0) is 23.0. The highest BCUT2D eigenvalue weighted by atomic mass is 35.5. The van der Waals surface area contributed by atoms with E-state index in [0.29, 0.717) is 29.9 Å². The van der Waals surface area contributed by atoms with Crippen LogP contribution in [-0.2, 0) is 6.54 Å². The molecule has 0 radical (unpaired) electrons. The number of nitrogens with zero attached hydrogens (tertiary/aromatic N) is 1. The SMILES string of the molecule is CC1(C)C[C@@H](NC(=O)Nc2ccc3c(c2)NC(=O)N(CCO)C3)c2ccc(Cl)c(F)c2O1. The molecule has 0 aliphatic carbocycles. The van der Waals surface area contributed by atoms with E-state index in [9.17, 15) is 14.0 Å². The summed E-state index contributed by atoms with van der Waals surface area (Å²) >= 11 is 5.89. The third-order valence-corrected chi connectivity index (χ3v) is 5.75. The van der Waals surface area contributed by atoms with Crippen molar-refractivity contribution in [3.8, 4) is 5.75 Å². The standard InChI is InChI=1S/C22H24ClFN4O4/c1-22(2)10-17(14-5-6-15(23)18(24)19(14)32-22)26-20(30)25-13-4-3-12-11-28(7-8-29)21(31)27-16(12)9-13/h3-6,9,17,29H,7-8,10-11H2,1-2H3,(H,27,31)(H2,25,26,30)/t17-/m1/s1. The molecule has 2 aromatic rings. The number of aliphatic hydroxyl groups excluding tert-OH is 1. The number of aliphatic hydroxyl groups is 1. The first-order chi connectivity index (χ1) is 15.2. The summed E-state index contributed by atoms with van der Waals surface area (Å²) in [5.74, 6) is -0.604. The molecule has 8 nitrogen and oxygen atoms in total. The number of rotatable bonds is 4. The Kier molecular flexibility index (Phi) is 5.87. The molecule has 2 aliphatic heterocycles. The molecule has 32 heavy (non-hydrogen) atoms. The first-order valence-electron chi connectivity index (χ1n) is 10.2. The second kappa shape index (κ2) is 8.48. The van der Waals surface area contributed by atoms with E-state index in [1.165, 1.54) is 11.0 Å². The van der Waals surface area contributed by atoms with Gasteiger partial charge >= 0.3 is 12.1 Å². The highest BCUT2D eigenvalue weighted by Gasteiger charge is 2.37. The van der Waals surface area contributed by atoms with Gasteiger partial charge in [-0.05, 0) is 37.6 Å². The molecule has 2 heterocycles. The average Bonchev–Trinajstić information content (AvgIpc) is 2.71. The number of carbonyl (C=O) groups excluding carboxylic acids is 2. The highest BCUT2D eigenvalue weighted by molar-refractivity contribution is 6.30. The van der Waals surface area contributed by atoms with Gasteiger partial charge in [-0.3, -0.25) is 0 Å². The molecule has 2 aliphatic rings. The van der Waals surface area contributed by atoms with Crippen LogP contribution < -0.4 is 20.7 Å². The number of nitrogens with one attached hydrogen (secondary N) is 3. The lowest BCUT2D eigenvalue weighted by Gasteiger charge is -2.38. The second-order valence-electron chi connectivity index (χ2n) is 8.44. The van der Waals surface area contributed by atoms with E-state index < -0.39 is 23.5 Å². The molecule has 0 unspecified atom stereocenters. The molecule has 4 rings (SSSR count). The van der Waals surface area contributed by atoms with Crippen molar-refractivity contribution in [1.82, 2.24) is 10.2 Å². The van der Waals surface area contributed by atoms with E-state index in [2.05, 4.69) is 16.0 Å². The predicted molar refractivity (Wildman–Crippen MR) is 119 cm³/mol. The van der Waals surface area contributed by atoms with Crippen molar-refractivity contribution in [3.05, 3.63) is 52.3 Å². The van der Waals surface area contributed by atoms with Crippen LogP contribution in [0.5, 0.6) is 5.75 Å². The van der Waals surface area contributed by atoms with Gasteiger partial charge in [0.1, 0.15) is 5.60 Å². The fourth-order valence-corrected chi connectivity index (χ4v) is 4.13. The van der Waals surface area contributed by atoms with Crippen LogP contribution >= 0.6 is 11.6 Å². The summed E-state index contributed by atoms with van der Waals surface area (Å²) in [6.45, 7) is 4.12. The molecule has 0 bridgehead atoms. The maximum absolute atomic E-state index is 14.5. The van der Waals surface area contributed by atoms with Gasteiger partial charge in [0.2, 0.25) is 0 Å². The van der Waals surface area contributed by atoms with E-state index in [0.717, 1.165) is 5.56 Å². The minimum absolute atomic E-state index is 0.0432. The molecule has 0 fully saturated rings. The Balaban J connectivity index is 1.49. The molecule has 0 saturated heterocycles. The van der Waals surface area contributed by atoms with E-state index in [4.69, 9.17) is 21.4 Å². The predicted octanol–water partition coefficient (Wildman–Crippen LogP) is 4.24. The van der Waals surface area contributed by atoms with Crippen LogP contribution in [-0.4, -0.2) is 40.8 Å². The Morgan fingerprint density at radius 2 is 2.16 bits per heavy atom. The molecular weight excluding hydrogens is 439 g/mol. The number of benzene rings is 2. The first-order valence-corrected chi connectivity index (χ1v) is 10.6. The lowest BCUT2D eigenvalue weighted by atomic mass is 9.89. The fraction of sp³-hybridized carbons (Fsp3) is 0.364. The van der Waals surface area contributed by atoms with Crippen LogP contribution in [0, 0.1) is 5.82 Å². The number of halogens is 2. The molecule has 4 amide bonds. The van der Waals surface area contributed by atoms with Crippen LogP contribution in [0.4, 0.5) is 25.4 Å². The van der Waals surface area contributed by atoms with Gasteiger partial charge in [-0.25, -0.2) is 14.0 Å². The van der Waals surface area contributed by atoms with Crippen molar-refractivity contribution in [2.24, 2.45) is 0 Å². The third-order valence-electron chi connectivity index (χ3n) is 5.46. The highest BCUT2D eigenvalue weighted by Crippen LogP contribution is 2.43. The van der Waals surface area contributed by atoms with Gasteiger partial charge in [0.15, 0.2) is 11.6 Å². The van der Waals surface area contributed by atoms with Crippen LogP contribution in [0.2, 0.25) is 5.02 Å². The van der Waals surface area contributed by atoms with E-state index in [1.54, 1.807) is 24.3 Å². The number of hydrogen-bond donors (Lipinski definition) is 4. The molecule has 0 spiro atoms. The van der Waals surface area contributed by atoms with E-state index in [-0.39, 0.29) is 30.0 Å². The number of hydrogen-bond acceptors (Lipinski definition) is 4. The van der Waals surface area contributed by atoms with Gasteiger partial charge in [0, 0.05) is 36.4 Å². The summed E-state index contributed by atoms with van der Waals surface area (Å²) in [7, 11) is 0. The number of anilines is 2. The Labute approximate surface area is 189 Å². The molecule has 170 valence electrons. The minimum atomic E-state index is -0.701. The topological polar surface area (TPSA) is 103 Å². The molecule has 10 heteroatoms. The smallest absolute Gasteiger partial charge is 0.322 e. The first kappa shape index (κ1) is 22.2. The van der Waals surface area contributed by atoms with Gasteiger partial charge in [0.25, 0.3) is 0 Å². The Bertz CT molecular complexity index is 1080. The van der Waals surface area contributed by atoms with Crippen LogP contribution in [0.3, 0.4) is 0 Å². The Morgan fingerprint density at radius 3 is 2.91 bits per heavy atom. The van der Waals surface area contributed by atoms with Crippen molar-refractivity contribution in [2.45, 2.75) is 38.5 Å². The van der Waals surface area contributed by atoms with Crippen molar-refractivity contribution in [1.29, 1.82) is 0 Å². The molecule has 4 N–H and O–H groups in total. The largest absolute Gasteiger partial charge is 0.484 e. The summed E-state index contributed by atoms with van der Waals surface area (Å²) in [4.78, 5) is 26.3. The minimum Gasteiger partial charge on any atom is -0.484 e. The van der Waals surface area contributed by atoms with Crippen molar-refractivity contribution >= 4 is 35.0 Å². The summed E-state index contributed by atoms with van der Waals surface area (Å²) in [5, 5.41) is 17.4. The quantitative estimate of drug-likeness (QED) is 0.545. The summed E-state index contributed by atoms with van der Waals surface area (Å²) < 4.78 is 20.3. The lowest BCUT2D eigenvalue weighted by Crippen LogP contribution is -2.43. The summed E-state index contributed by atoms with van der Waals surface area (Å²) in [6.07, 6.45) is 0.440. The Hall–Kier alpha value is -3.04. The number of fused-ring (bicyclic) bond motifs is 2. The van der Waals surface area contributed by atoms with Crippen LogP contribution in [0.25, 0.3) is 0 Å². The van der Waals surface area contributed by atoms with E-state index in [1.807, 2.05) is 13.8 Å². The third kappa shape index (κ3) is 4.44. The van der Waals surface area contributed by atoms with Gasteiger partial charge in [-0.15, -0.1) is 0 Å². The summed E-state index contributed by atoms with van der Waals surface area (Å²) in [5.41, 5.74) is 1.77. The number of amides is 4. The number of β-amino-alcohol motifs (C(OH)–C–C–N with tert-alkyl or cyclic N) is 1. The van der Waals surface area contributed by atoms with Gasteiger partial charge < -0.3 is 30.7 Å². The summed E-state index contributed by atoms with van der Waals surface area (Å²) in [6, 6.07) is 7.03. The second-order valence-corrected chi connectivity index (χ2v) is 8.85. The van der Waals surface area contributed by atoms with Gasteiger partial charge in [-0.2, -0.15) is 0 Å². The molecule has 0 saturated carbocycles. The van der Waals surface area contributed by atoms with Crippen LogP contribution in [0.15, 0.2) is 30.3 Å². The average molecular weight is 463 g/mol. The monoisotopic (exact) mass is 462 g/mol. The number of ether oxygens (including phenoxy) is 1. The fourth-order valence-electron chi connectivity index (χ4n) is 3.98.